The van der Waals surface area contributed by atoms with Gasteiger partial charge in [-0.2, -0.15) is 0 Å². The molecule has 1 aliphatic heterocycles. The number of sulfone groups is 1. The summed E-state index contributed by atoms with van der Waals surface area (Å²) in [5, 5.41) is 9.37. The van der Waals surface area contributed by atoms with E-state index in [-0.39, 0.29) is 22.9 Å². The molecule has 2 aromatic carbocycles. The zero-order valence-electron chi connectivity index (χ0n) is 16.1. The van der Waals surface area contributed by atoms with E-state index in [0.717, 1.165) is 0 Å². The summed E-state index contributed by atoms with van der Waals surface area (Å²) in [6.45, 7) is -0.216. The lowest BCUT2D eigenvalue weighted by Gasteiger charge is -2.27. The highest BCUT2D eigenvalue weighted by Gasteiger charge is 2.57. The van der Waals surface area contributed by atoms with Crippen molar-refractivity contribution >= 4 is 56.5 Å². The number of halogens is 3. The van der Waals surface area contributed by atoms with E-state index in [1.54, 1.807) is 30.3 Å². The number of amides is 1. The van der Waals surface area contributed by atoms with E-state index in [1.165, 1.54) is 17.0 Å². The molecule has 0 aromatic heterocycles. The Morgan fingerprint density at radius 2 is 1.68 bits per heavy atom. The predicted octanol–water partition coefficient (Wildman–Crippen LogP) is 4.21. The molecule has 1 aliphatic carbocycles. The molecule has 2 aliphatic rings. The van der Waals surface area contributed by atoms with Gasteiger partial charge < -0.3 is 10.0 Å². The Bertz CT molecular complexity index is 1180. The lowest BCUT2D eigenvalue weighted by molar-refractivity contribution is -0.149. The maximum Gasteiger partial charge on any atom is 0.326 e. The molecule has 0 unspecified atom stereocenters. The smallest absolute Gasteiger partial charge is 0.326 e. The van der Waals surface area contributed by atoms with Gasteiger partial charge in [-0.3, -0.25) is 4.79 Å². The Hall–Kier alpha value is -1.80. The van der Waals surface area contributed by atoms with Gasteiger partial charge in [-0.1, -0.05) is 53.0 Å². The number of hydrogen-bond donors (Lipinski definition) is 1. The summed E-state index contributed by atoms with van der Waals surface area (Å²) >= 11 is 18.2. The first-order valence-corrected chi connectivity index (χ1v) is 12.2. The fraction of sp³-hybridized carbons (Fsp3) is 0.333. The average Bonchev–Trinajstić information content (AvgIpc) is 3.40. The summed E-state index contributed by atoms with van der Waals surface area (Å²) < 4.78 is 26.3. The highest BCUT2D eigenvalue weighted by molar-refractivity contribution is 7.92. The van der Waals surface area contributed by atoms with Crippen LogP contribution in [-0.2, 0) is 24.8 Å². The Balaban J connectivity index is 1.66. The Kier molecular flexibility index (Phi) is 5.75. The lowest BCUT2D eigenvalue weighted by atomic mass is 9.94. The summed E-state index contributed by atoms with van der Waals surface area (Å²) in [5.74, 6) is -1.65. The molecular weight excluding hydrogens is 485 g/mol. The highest BCUT2D eigenvalue weighted by atomic mass is 35.5. The van der Waals surface area contributed by atoms with Crippen LogP contribution in [0.2, 0.25) is 15.1 Å². The normalized spacial score (nSPS) is 22.4. The number of carboxylic acids is 1. The van der Waals surface area contributed by atoms with Crippen LogP contribution < -0.4 is 0 Å². The zero-order valence-corrected chi connectivity index (χ0v) is 19.2. The van der Waals surface area contributed by atoms with Crippen molar-refractivity contribution in [3.8, 4) is 0 Å². The molecule has 2 aromatic rings. The Morgan fingerprint density at radius 1 is 1.00 bits per heavy atom. The van der Waals surface area contributed by atoms with E-state index in [2.05, 4.69) is 0 Å². The summed E-state index contributed by atoms with van der Waals surface area (Å²) in [5.41, 5.74) is -0.265. The minimum Gasteiger partial charge on any atom is -0.480 e. The molecule has 1 saturated heterocycles. The summed E-state index contributed by atoms with van der Waals surface area (Å²) in [4.78, 5) is 26.5. The third kappa shape index (κ3) is 3.82. The maximum absolute atomic E-state index is 13.5. The number of carbonyl (C=O) groups is 2. The Morgan fingerprint density at radius 3 is 2.26 bits per heavy atom. The van der Waals surface area contributed by atoms with Gasteiger partial charge in [0, 0.05) is 6.54 Å². The third-order valence-electron chi connectivity index (χ3n) is 6.02. The molecule has 0 radical (unpaired) electrons. The highest BCUT2D eigenvalue weighted by Crippen LogP contribution is 2.51. The van der Waals surface area contributed by atoms with Crippen LogP contribution in [0.5, 0.6) is 0 Å². The number of carboxylic acid groups (broad SMARTS) is 1. The van der Waals surface area contributed by atoms with Crippen LogP contribution in [0.25, 0.3) is 0 Å². The van der Waals surface area contributed by atoms with E-state index >= 15 is 0 Å². The van der Waals surface area contributed by atoms with Crippen molar-refractivity contribution in [3.63, 3.8) is 0 Å². The first kappa shape index (κ1) is 22.4. The van der Waals surface area contributed by atoms with Crippen molar-refractivity contribution in [2.45, 2.75) is 40.9 Å². The molecule has 164 valence electrons. The van der Waals surface area contributed by atoms with E-state index in [1.807, 2.05) is 0 Å². The molecule has 1 amide bonds. The van der Waals surface area contributed by atoms with Crippen molar-refractivity contribution in [1.29, 1.82) is 0 Å². The monoisotopic (exact) mass is 501 g/mol. The molecule has 4 rings (SSSR count). The van der Waals surface area contributed by atoms with Gasteiger partial charge >= 0.3 is 5.97 Å². The second-order valence-corrected chi connectivity index (χ2v) is 11.3. The largest absolute Gasteiger partial charge is 0.480 e. The first-order chi connectivity index (χ1) is 14.6. The van der Waals surface area contributed by atoms with Crippen LogP contribution >= 0.6 is 34.8 Å². The molecule has 0 bridgehead atoms. The van der Waals surface area contributed by atoms with Crippen molar-refractivity contribution in [1.82, 2.24) is 4.90 Å². The van der Waals surface area contributed by atoms with Crippen LogP contribution in [0.15, 0.2) is 47.4 Å². The van der Waals surface area contributed by atoms with Crippen LogP contribution in [-0.4, -0.2) is 48.1 Å². The van der Waals surface area contributed by atoms with Crippen LogP contribution in [0.1, 0.15) is 24.8 Å². The molecule has 2 fully saturated rings. The van der Waals surface area contributed by atoms with Crippen LogP contribution in [0.4, 0.5) is 0 Å². The van der Waals surface area contributed by atoms with Gasteiger partial charge in [-0.25, -0.2) is 13.2 Å². The minimum atomic E-state index is -3.93. The molecule has 1 heterocycles. The molecule has 10 heteroatoms. The fourth-order valence-corrected chi connectivity index (χ4v) is 6.67. The molecule has 31 heavy (non-hydrogen) atoms. The lowest BCUT2D eigenvalue weighted by Crippen LogP contribution is -2.46. The Labute approximate surface area is 194 Å². The topological polar surface area (TPSA) is 91.8 Å². The van der Waals surface area contributed by atoms with Crippen LogP contribution in [0, 0.1) is 0 Å². The number of likely N-dealkylation sites (tertiary alicyclic amines) is 1. The number of nitrogens with zero attached hydrogens (tertiary/aromatic N) is 1. The summed E-state index contributed by atoms with van der Waals surface area (Å²) in [6.07, 6.45) is 0.842. The van der Waals surface area contributed by atoms with Gasteiger partial charge in [-0.05, 0) is 49.1 Å². The quantitative estimate of drug-likeness (QED) is 0.661. The average molecular weight is 503 g/mol. The first-order valence-electron chi connectivity index (χ1n) is 9.56. The van der Waals surface area contributed by atoms with Gasteiger partial charge in [0.25, 0.3) is 0 Å². The number of hydrogen-bond acceptors (Lipinski definition) is 4. The molecule has 6 nitrogen and oxygen atoms in total. The van der Waals surface area contributed by atoms with E-state index < -0.39 is 38.4 Å². The summed E-state index contributed by atoms with van der Waals surface area (Å²) in [6, 6.07) is 9.67. The second kappa shape index (κ2) is 7.96. The van der Waals surface area contributed by atoms with Gasteiger partial charge in [0.2, 0.25) is 5.91 Å². The molecular formula is C21H18Cl3NO5S. The van der Waals surface area contributed by atoms with E-state index in [4.69, 9.17) is 34.8 Å². The number of aliphatic carboxylic acids is 1. The van der Waals surface area contributed by atoms with E-state index in [0.29, 0.717) is 28.5 Å². The van der Waals surface area contributed by atoms with Crippen molar-refractivity contribution in [2.75, 3.05) is 6.54 Å². The fourth-order valence-electron chi connectivity index (χ4n) is 4.16. The predicted molar refractivity (Wildman–Crippen MR) is 118 cm³/mol. The SMILES string of the molecule is O=C(O)[C@@H]1C[C@@H](S(=O)(=O)c2ccccc2Cl)CN1C(=O)C1(c2ccc(Cl)c(Cl)c2)CC1. The second-order valence-electron chi connectivity index (χ2n) is 7.86. The van der Waals surface area contributed by atoms with Gasteiger partial charge in [0.1, 0.15) is 6.04 Å². The minimum absolute atomic E-state index is 0.0635. The maximum atomic E-state index is 13.5. The van der Waals surface area contributed by atoms with Gasteiger partial charge in [0.15, 0.2) is 9.84 Å². The third-order valence-corrected chi connectivity index (χ3v) is 9.39. The van der Waals surface area contributed by atoms with Crippen molar-refractivity contribution < 1.29 is 23.1 Å². The standard InChI is InChI=1S/C21H18Cl3NO5S/c22-14-6-5-12(9-16(14)24)21(7-8-21)20(28)25-11-13(10-17(25)19(26)27)31(29,30)18-4-2-1-3-15(18)23/h1-6,9,13,17H,7-8,10-11H2,(H,26,27)/t13-,17+/m1/s1. The summed E-state index contributed by atoms with van der Waals surface area (Å²) in [7, 11) is -3.93. The van der Waals surface area contributed by atoms with E-state index in [9.17, 15) is 23.1 Å². The number of benzene rings is 2. The zero-order chi connectivity index (χ0) is 22.6. The number of carbonyl (C=O) groups excluding carboxylic acids is 1. The van der Waals surface area contributed by atoms with Gasteiger partial charge in [0.05, 0.1) is 30.6 Å². The van der Waals surface area contributed by atoms with Crippen molar-refractivity contribution in [2.24, 2.45) is 0 Å². The molecule has 2 atom stereocenters. The van der Waals surface area contributed by atoms with Gasteiger partial charge in [-0.15, -0.1) is 0 Å². The number of rotatable bonds is 5. The van der Waals surface area contributed by atoms with Crippen LogP contribution in [0.3, 0.4) is 0 Å². The molecule has 0 spiro atoms. The molecule has 1 saturated carbocycles. The molecule has 1 N–H and O–H groups in total. The van der Waals surface area contributed by atoms with Crippen molar-refractivity contribution in [3.05, 3.63) is 63.1 Å².